The summed E-state index contributed by atoms with van der Waals surface area (Å²) in [6.45, 7) is 7.14. The third-order valence-corrected chi connectivity index (χ3v) is 5.87. The molecule has 0 bridgehead atoms. The van der Waals surface area contributed by atoms with Gasteiger partial charge in [-0.1, -0.05) is 44.2 Å². The fourth-order valence-electron chi connectivity index (χ4n) is 3.47. The quantitative estimate of drug-likeness (QED) is 0.314. The maximum absolute atomic E-state index is 14.2. The van der Waals surface area contributed by atoms with Crippen LogP contribution in [-0.4, -0.2) is 6.61 Å². The maximum Gasteiger partial charge on any atom is 0.165 e. The SMILES string of the molecule is CCOc1ccc(C(C)(C)CCCc2ccc(F)c(Oc3ccccc3)c2)cc1Br. The van der Waals surface area contributed by atoms with Crippen LogP contribution in [0, 0.1) is 5.82 Å². The lowest BCUT2D eigenvalue weighted by Gasteiger charge is -2.26. The van der Waals surface area contributed by atoms with Crippen molar-refractivity contribution in [1.82, 2.24) is 0 Å². The van der Waals surface area contributed by atoms with Gasteiger partial charge < -0.3 is 9.47 Å². The van der Waals surface area contributed by atoms with Crippen molar-refractivity contribution in [3.05, 3.63) is 88.1 Å². The molecule has 0 spiro atoms. The summed E-state index contributed by atoms with van der Waals surface area (Å²) in [5.74, 6) is 1.43. The number of hydrogen-bond acceptors (Lipinski definition) is 2. The van der Waals surface area contributed by atoms with Gasteiger partial charge in [0.05, 0.1) is 11.1 Å². The normalized spacial score (nSPS) is 11.4. The molecule has 0 saturated heterocycles. The lowest BCUT2D eigenvalue weighted by molar-refractivity contribution is 0.337. The molecule has 0 aromatic heterocycles. The van der Waals surface area contributed by atoms with Gasteiger partial charge in [-0.15, -0.1) is 0 Å². The number of ether oxygens (including phenoxy) is 2. The Labute approximate surface area is 187 Å². The summed E-state index contributed by atoms with van der Waals surface area (Å²) in [6, 6.07) is 20.7. The van der Waals surface area contributed by atoms with Gasteiger partial charge in [0, 0.05) is 0 Å². The average molecular weight is 471 g/mol. The van der Waals surface area contributed by atoms with E-state index in [2.05, 4.69) is 41.9 Å². The van der Waals surface area contributed by atoms with Crippen molar-refractivity contribution in [3.63, 3.8) is 0 Å². The van der Waals surface area contributed by atoms with E-state index in [0.29, 0.717) is 12.4 Å². The first-order valence-electron chi connectivity index (χ1n) is 10.3. The molecule has 3 aromatic rings. The summed E-state index contributed by atoms with van der Waals surface area (Å²) >= 11 is 3.61. The van der Waals surface area contributed by atoms with Crippen molar-refractivity contribution in [2.75, 3.05) is 6.61 Å². The number of benzene rings is 3. The molecule has 0 fully saturated rings. The number of aryl methyl sites for hydroxylation is 1. The minimum absolute atomic E-state index is 0.0245. The first-order chi connectivity index (χ1) is 14.4. The third kappa shape index (κ3) is 5.85. The van der Waals surface area contributed by atoms with Gasteiger partial charge in [0.25, 0.3) is 0 Å². The summed E-state index contributed by atoms with van der Waals surface area (Å²) < 4.78 is 26.5. The third-order valence-electron chi connectivity index (χ3n) is 5.25. The van der Waals surface area contributed by atoms with Crippen LogP contribution in [0.5, 0.6) is 17.2 Å². The van der Waals surface area contributed by atoms with Crippen LogP contribution >= 0.6 is 15.9 Å². The molecule has 30 heavy (non-hydrogen) atoms. The predicted molar refractivity (Wildman–Crippen MR) is 124 cm³/mol. The minimum Gasteiger partial charge on any atom is -0.493 e. The van der Waals surface area contributed by atoms with Gasteiger partial charge in [-0.25, -0.2) is 4.39 Å². The summed E-state index contributed by atoms with van der Waals surface area (Å²) in [4.78, 5) is 0. The monoisotopic (exact) mass is 470 g/mol. The van der Waals surface area contributed by atoms with E-state index in [0.717, 1.165) is 35.0 Å². The zero-order valence-electron chi connectivity index (χ0n) is 17.8. The van der Waals surface area contributed by atoms with Gasteiger partial charge in [0.15, 0.2) is 11.6 Å². The Kier molecular flexibility index (Phi) is 7.54. The van der Waals surface area contributed by atoms with Crippen LogP contribution in [-0.2, 0) is 11.8 Å². The van der Waals surface area contributed by atoms with Crippen LogP contribution in [0.1, 0.15) is 44.7 Å². The molecule has 3 aromatic carbocycles. The number of para-hydroxylation sites is 1. The van der Waals surface area contributed by atoms with E-state index in [1.54, 1.807) is 0 Å². The molecule has 2 nitrogen and oxygen atoms in total. The number of halogens is 2. The minimum atomic E-state index is -0.345. The van der Waals surface area contributed by atoms with Crippen molar-refractivity contribution >= 4 is 15.9 Å². The van der Waals surface area contributed by atoms with Crippen LogP contribution in [0.4, 0.5) is 4.39 Å². The van der Waals surface area contributed by atoms with Crippen molar-refractivity contribution in [2.24, 2.45) is 0 Å². The highest BCUT2D eigenvalue weighted by Gasteiger charge is 2.21. The van der Waals surface area contributed by atoms with E-state index in [-0.39, 0.29) is 17.0 Å². The zero-order chi connectivity index (χ0) is 21.6. The van der Waals surface area contributed by atoms with E-state index < -0.39 is 0 Å². The van der Waals surface area contributed by atoms with Gasteiger partial charge in [-0.3, -0.25) is 0 Å². The summed E-state index contributed by atoms with van der Waals surface area (Å²) in [5, 5.41) is 0. The molecule has 0 aliphatic carbocycles. The molecular formula is C26H28BrFO2. The standard InChI is InChI=1S/C26H28BrFO2/c1-4-29-24-15-13-20(18-22(24)27)26(2,3)16-8-9-19-12-14-23(28)25(17-19)30-21-10-6-5-7-11-21/h5-7,10-15,17-18H,4,8-9,16H2,1-3H3. The highest BCUT2D eigenvalue weighted by Crippen LogP contribution is 2.35. The first kappa shape index (κ1) is 22.4. The molecule has 0 saturated carbocycles. The Morgan fingerprint density at radius 2 is 1.70 bits per heavy atom. The molecule has 0 aliphatic rings. The Morgan fingerprint density at radius 3 is 2.40 bits per heavy atom. The predicted octanol–water partition coefficient (Wildman–Crippen LogP) is 8.08. The maximum atomic E-state index is 14.2. The van der Waals surface area contributed by atoms with Gasteiger partial charge >= 0.3 is 0 Å². The largest absolute Gasteiger partial charge is 0.493 e. The fourth-order valence-corrected chi connectivity index (χ4v) is 3.96. The van der Waals surface area contributed by atoms with Crippen molar-refractivity contribution in [1.29, 1.82) is 0 Å². The smallest absolute Gasteiger partial charge is 0.165 e. The van der Waals surface area contributed by atoms with Crippen LogP contribution in [0.15, 0.2) is 71.2 Å². The summed E-state index contributed by atoms with van der Waals surface area (Å²) in [7, 11) is 0. The second kappa shape index (κ2) is 10.1. The second-order valence-electron chi connectivity index (χ2n) is 8.00. The van der Waals surface area contributed by atoms with Crippen LogP contribution < -0.4 is 9.47 Å². The Morgan fingerprint density at radius 1 is 0.933 bits per heavy atom. The summed E-state index contributed by atoms with van der Waals surface area (Å²) in [5.41, 5.74) is 2.37. The van der Waals surface area contributed by atoms with Crippen molar-refractivity contribution in [2.45, 2.75) is 45.4 Å². The molecule has 158 valence electrons. The van der Waals surface area contributed by atoms with Crippen LogP contribution in [0.3, 0.4) is 0 Å². The Bertz CT molecular complexity index is 970. The lowest BCUT2D eigenvalue weighted by Crippen LogP contribution is -2.17. The van der Waals surface area contributed by atoms with Gasteiger partial charge in [0.1, 0.15) is 11.5 Å². The molecule has 0 aliphatic heterocycles. The molecule has 0 heterocycles. The molecule has 0 atom stereocenters. The second-order valence-corrected chi connectivity index (χ2v) is 8.85. The van der Waals surface area contributed by atoms with Gasteiger partial charge in [-0.05, 0) is 95.1 Å². The zero-order valence-corrected chi connectivity index (χ0v) is 19.3. The topological polar surface area (TPSA) is 18.5 Å². The van der Waals surface area contributed by atoms with E-state index in [4.69, 9.17) is 9.47 Å². The molecule has 4 heteroatoms. The Hall–Kier alpha value is -2.33. The van der Waals surface area contributed by atoms with E-state index in [9.17, 15) is 4.39 Å². The average Bonchev–Trinajstić information content (AvgIpc) is 2.72. The molecule has 0 amide bonds. The van der Waals surface area contributed by atoms with Crippen LogP contribution in [0.25, 0.3) is 0 Å². The first-order valence-corrected chi connectivity index (χ1v) is 11.1. The molecule has 0 radical (unpaired) electrons. The van der Waals surface area contributed by atoms with E-state index in [1.807, 2.05) is 55.5 Å². The van der Waals surface area contributed by atoms with Crippen LogP contribution in [0.2, 0.25) is 0 Å². The highest BCUT2D eigenvalue weighted by atomic mass is 79.9. The Balaban J connectivity index is 1.63. The molecule has 0 N–H and O–H groups in total. The van der Waals surface area contributed by atoms with Gasteiger partial charge in [0.2, 0.25) is 0 Å². The van der Waals surface area contributed by atoms with Crippen molar-refractivity contribution < 1.29 is 13.9 Å². The molecule has 0 unspecified atom stereocenters. The van der Waals surface area contributed by atoms with Gasteiger partial charge in [-0.2, -0.15) is 0 Å². The molecule has 3 rings (SSSR count). The van der Waals surface area contributed by atoms with E-state index in [1.165, 1.54) is 11.6 Å². The number of rotatable bonds is 9. The van der Waals surface area contributed by atoms with Crippen molar-refractivity contribution in [3.8, 4) is 17.2 Å². The number of hydrogen-bond donors (Lipinski definition) is 0. The van der Waals surface area contributed by atoms with E-state index >= 15 is 0 Å². The fraction of sp³-hybridized carbons (Fsp3) is 0.308. The molecular weight excluding hydrogens is 443 g/mol. The summed E-state index contributed by atoms with van der Waals surface area (Å²) in [6.07, 6.45) is 2.88. The lowest BCUT2D eigenvalue weighted by atomic mass is 9.80. The highest BCUT2D eigenvalue weighted by molar-refractivity contribution is 9.10.